The summed E-state index contributed by atoms with van der Waals surface area (Å²) in [5.74, 6) is 0.596. The fourth-order valence-corrected chi connectivity index (χ4v) is 3.98. The second-order valence-corrected chi connectivity index (χ2v) is 8.25. The highest BCUT2D eigenvalue weighted by Gasteiger charge is 2.16. The molecule has 4 nitrogen and oxygen atoms in total. The summed E-state index contributed by atoms with van der Waals surface area (Å²) in [7, 11) is 0. The number of benzene rings is 1. The molecule has 0 aliphatic heterocycles. The molecule has 1 aromatic carbocycles. The number of thiophene rings is 1. The van der Waals surface area contributed by atoms with Gasteiger partial charge >= 0.3 is 0 Å². The van der Waals surface area contributed by atoms with Crippen molar-refractivity contribution < 1.29 is 9.53 Å². The summed E-state index contributed by atoms with van der Waals surface area (Å²) in [6, 6.07) is 11.2. The molecule has 1 N–H and O–H groups in total. The Hall–Kier alpha value is -1.66. The van der Waals surface area contributed by atoms with Gasteiger partial charge in [0.1, 0.15) is 5.75 Å². The van der Waals surface area contributed by atoms with E-state index in [0.29, 0.717) is 11.7 Å². The van der Waals surface area contributed by atoms with Crippen molar-refractivity contribution in [1.82, 2.24) is 5.43 Å². The predicted molar refractivity (Wildman–Crippen MR) is 101 cm³/mol. The SMILES string of the molecule is C/C(=N/NC(=O)c1ccc(OC2CCCC2)cc1)c1ccc(Br)s1. The Morgan fingerprint density at radius 2 is 1.92 bits per heavy atom. The molecule has 0 spiro atoms. The lowest BCUT2D eigenvalue weighted by Crippen LogP contribution is -2.19. The van der Waals surface area contributed by atoms with Crippen LogP contribution in [0.2, 0.25) is 0 Å². The van der Waals surface area contributed by atoms with Crippen molar-refractivity contribution in [2.24, 2.45) is 5.10 Å². The van der Waals surface area contributed by atoms with Gasteiger partial charge in [0.25, 0.3) is 5.91 Å². The molecule has 126 valence electrons. The molecular weight excluding hydrogens is 388 g/mol. The molecule has 1 aliphatic carbocycles. The molecule has 6 heteroatoms. The Morgan fingerprint density at radius 1 is 1.21 bits per heavy atom. The van der Waals surface area contributed by atoms with Crippen LogP contribution in [0, 0.1) is 0 Å². The van der Waals surface area contributed by atoms with Crippen LogP contribution in [-0.4, -0.2) is 17.7 Å². The van der Waals surface area contributed by atoms with E-state index in [-0.39, 0.29) is 5.91 Å². The zero-order valence-electron chi connectivity index (χ0n) is 13.4. The molecule has 24 heavy (non-hydrogen) atoms. The second-order valence-electron chi connectivity index (χ2n) is 5.79. The molecule has 0 atom stereocenters. The third-order valence-electron chi connectivity index (χ3n) is 3.98. The summed E-state index contributed by atoms with van der Waals surface area (Å²) in [4.78, 5) is 13.2. The summed E-state index contributed by atoms with van der Waals surface area (Å²) in [6.07, 6.45) is 5.04. The molecule has 1 saturated carbocycles. The largest absolute Gasteiger partial charge is 0.490 e. The first-order chi connectivity index (χ1) is 11.6. The van der Waals surface area contributed by atoms with Crippen LogP contribution in [0.4, 0.5) is 0 Å². The highest BCUT2D eigenvalue weighted by molar-refractivity contribution is 9.11. The Morgan fingerprint density at radius 3 is 2.54 bits per heavy atom. The number of nitrogens with zero attached hydrogens (tertiary/aromatic N) is 1. The van der Waals surface area contributed by atoms with Crippen LogP contribution in [0.3, 0.4) is 0 Å². The minimum absolute atomic E-state index is 0.225. The molecule has 1 amide bonds. The van der Waals surface area contributed by atoms with E-state index in [9.17, 15) is 4.79 Å². The lowest BCUT2D eigenvalue weighted by Gasteiger charge is -2.13. The average Bonchev–Trinajstić information content (AvgIpc) is 3.24. The number of amides is 1. The van der Waals surface area contributed by atoms with Gasteiger partial charge in [-0.1, -0.05) is 0 Å². The molecule has 1 aliphatic rings. The Bertz CT molecular complexity index is 734. The number of carbonyl (C=O) groups is 1. The van der Waals surface area contributed by atoms with Crippen molar-refractivity contribution in [2.75, 3.05) is 0 Å². The van der Waals surface area contributed by atoms with Crippen molar-refractivity contribution in [3.8, 4) is 5.75 Å². The molecular formula is C18H19BrN2O2S. The topological polar surface area (TPSA) is 50.7 Å². The van der Waals surface area contributed by atoms with Gasteiger partial charge in [-0.25, -0.2) is 5.43 Å². The van der Waals surface area contributed by atoms with Crippen LogP contribution in [0.1, 0.15) is 47.8 Å². The highest BCUT2D eigenvalue weighted by Crippen LogP contribution is 2.24. The van der Waals surface area contributed by atoms with Gasteiger partial charge in [0.15, 0.2) is 0 Å². The van der Waals surface area contributed by atoms with E-state index in [4.69, 9.17) is 4.74 Å². The van der Waals surface area contributed by atoms with E-state index in [1.54, 1.807) is 23.5 Å². The number of halogens is 1. The molecule has 0 unspecified atom stereocenters. The van der Waals surface area contributed by atoms with E-state index in [0.717, 1.165) is 33.0 Å². The number of carbonyl (C=O) groups excluding carboxylic acids is 1. The van der Waals surface area contributed by atoms with Gasteiger partial charge in [0, 0.05) is 5.56 Å². The minimum atomic E-state index is -0.225. The quantitative estimate of drug-likeness (QED) is 0.561. The molecule has 1 heterocycles. The first-order valence-corrected chi connectivity index (χ1v) is 9.60. The van der Waals surface area contributed by atoms with Crippen LogP contribution < -0.4 is 10.2 Å². The lowest BCUT2D eigenvalue weighted by molar-refractivity contribution is 0.0955. The number of nitrogens with one attached hydrogen (secondary N) is 1. The van der Waals surface area contributed by atoms with Gasteiger partial charge in [-0.15, -0.1) is 11.3 Å². The summed E-state index contributed by atoms with van der Waals surface area (Å²) in [5, 5.41) is 4.17. The Kier molecular flexibility index (Phi) is 5.68. The number of hydrogen-bond acceptors (Lipinski definition) is 4. The first kappa shape index (κ1) is 17.2. The maximum absolute atomic E-state index is 12.2. The number of hydrogen-bond donors (Lipinski definition) is 1. The lowest BCUT2D eigenvalue weighted by atomic mass is 10.2. The molecule has 1 aromatic heterocycles. The molecule has 1 fully saturated rings. The molecule has 0 radical (unpaired) electrons. The van der Waals surface area contributed by atoms with Gasteiger partial charge in [0.05, 0.1) is 20.5 Å². The van der Waals surface area contributed by atoms with E-state index in [1.807, 2.05) is 31.2 Å². The highest BCUT2D eigenvalue weighted by atomic mass is 79.9. The summed E-state index contributed by atoms with van der Waals surface area (Å²) >= 11 is 5.00. The van der Waals surface area contributed by atoms with Crippen molar-refractivity contribution in [1.29, 1.82) is 0 Å². The number of ether oxygens (including phenoxy) is 1. The van der Waals surface area contributed by atoms with Gasteiger partial charge < -0.3 is 4.74 Å². The van der Waals surface area contributed by atoms with Gasteiger partial charge in [-0.3, -0.25) is 4.79 Å². The monoisotopic (exact) mass is 406 g/mol. The van der Waals surface area contributed by atoms with E-state index >= 15 is 0 Å². The normalized spacial score (nSPS) is 15.5. The smallest absolute Gasteiger partial charge is 0.271 e. The van der Waals surface area contributed by atoms with E-state index in [2.05, 4.69) is 26.5 Å². The summed E-state index contributed by atoms with van der Waals surface area (Å²) in [5.41, 5.74) is 3.94. The zero-order valence-corrected chi connectivity index (χ0v) is 15.8. The van der Waals surface area contributed by atoms with Crippen molar-refractivity contribution >= 4 is 38.9 Å². The van der Waals surface area contributed by atoms with Crippen LogP contribution in [0.15, 0.2) is 45.3 Å². The summed E-state index contributed by atoms with van der Waals surface area (Å²) in [6.45, 7) is 1.87. The van der Waals surface area contributed by atoms with E-state index in [1.165, 1.54) is 12.8 Å². The third-order valence-corrected chi connectivity index (χ3v) is 5.71. The van der Waals surface area contributed by atoms with Crippen LogP contribution >= 0.6 is 27.3 Å². The van der Waals surface area contributed by atoms with E-state index < -0.39 is 0 Å². The van der Waals surface area contributed by atoms with Gasteiger partial charge in [-0.05, 0) is 84.9 Å². The molecule has 0 saturated heterocycles. The van der Waals surface area contributed by atoms with Crippen LogP contribution in [0.5, 0.6) is 5.75 Å². The Balaban J connectivity index is 1.58. The van der Waals surface area contributed by atoms with Crippen molar-refractivity contribution in [3.05, 3.63) is 50.6 Å². The maximum atomic E-state index is 12.2. The number of hydrazone groups is 1. The molecule has 2 aromatic rings. The standard InChI is InChI=1S/C18H19BrN2O2S/c1-12(16-10-11-17(19)24-16)20-21-18(22)13-6-8-15(9-7-13)23-14-4-2-3-5-14/h6-11,14H,2-5H2,1H3,(H,21,22)/b20-12-. The maximum Gasteiger partial charge on any atom is 0.271 e. The van der Waals surface area contributed by atoms with Crippen molar-refractivity contribution in [2.45, 2.75) is 38.7 Å². The molecule has 0 bridgehead atoms. The van der Waals surface area contributed by atoms with Crippen LogP contribution in [0.25, 0.3) is 0 Å². The van der Waals surface area contributed by atoms with Crippen molar-refractivity contribution in [3.63, 3.8) is 0 Å². The fraction of sp³-hybridized carbons (Fsp3) is 0.333. The van der Waals surface area contributed by atoms with Crippen LogP contribution in [-0.2, 0) is 0 Å². The fourth-order valence-electron chi connectivity index (χ4n) is 2.65. The Labute approximate surface area is 154 Å². The number of rotatable bonds is 5. The van der Waals surface area contributed by atoms with Gasteiger partial charge in [-0.2, -0.15) is 5.10 Å². The summed E-state index contributed by atoms with van der Waals surface area (Å²) < 4.78 is 6.94. The molecule has 3 rings (SSSR count). The predicted octanol–water partition coefficient (Wildman–Crippen LogP) is 4.99. The minimum Gasteiger partial charge on any atom is -0.490 e. The first-order valence-electron chi connectivity index (χ1n) is 7.99. The zero-order chi connectivity index (χ0) is 16.9. The second kappa shape index (κ2) is 7.94. The average molecular weight is 407 g/mol. The third kappa shape index (κ3) is 4.45. The van der Waals surface area contributed by atoms with Gasteiger partial charge in [0.2, 0.25) is 0 Å².